The molecule has 0 amide bonds. The first-order valence-electron chi connectivity index (χ1n) is 6.33. The first kappa shape index (κ1) is 12.2. The predicted octanol–water partition coefficient (Wildman–Crippen LogP) is 1.11. The smallest absolute Gasteiger partial charge is 0.229 e. The van der Waals surface area contributed by atoms with Crippen molar-refractivity contribution in [3.05, 3.63) is 11.9 Å². The fourth-order valence-corrected chi connectivity index (χ4v) is 2.57. The molecular weight excluding hydrogens is 216 g/mol. The van der Waals surface area contributed by atoms with Crippen molar-refractivity contribution in [3.63, 3.8) is 0 Å². The highest BCUT2D eigenvalue weighted by Gasteiger charge is 2.27. The Bertz CT molecular complexity index is 318. The molecule has 0 saturated heterocycles. The second kappa shape index (κ2) is 5.40. The summed E-state index contributed by atoms with van der Waals surface area (Å²) in [4.78, 5) is 6.40. The van der Waals surface area contributed by atoms with Gasteiger partial charge in [0, 0.05) is 19.4 Å². The van der Waals surface area contributed by atoms with Crippen molar-refractivity contribution < 1.29 is 4.74 Å². The fourth-order valence-electron chi connectivity index (χ4n) is 2.57. The van der Waals surface area contributed by atoms with E-state index in [4.69, 9.17) is 16.2 Å². The summed E-state index contributed by atoms with van der Waals surface area (Å²) < 4.78 is 5.37. The van der Waals surface area contributed by atoms with Crippen molar-refractivity contribution in [2.24, 2.45) is 16.5 Å². The molecule has 5 heteroatoms. The van der Waals surface area contributed by atoms with Crippen molar-refractivity contribution in [3.8, 4) is 0 Å². The zero-order valence-electron chi connectivity index (χ0n) is 10.4. The van der Waals surface area contributed by atoms with Gasteiger partial charge in [0.25, 0.3) is 0 Å². The van der Waals surface area contributed by atoms with E-state index >= 15 is 0 Å². The monoisotopic (exact) mass is 238 g/mol. The molecule has 1 saturated carbocycles. The molecule has 1 fully saturated rings. The zero-order chi connectivity index (χ0) is 12.3. The lowest BCUT2D eigenvalue weighted by atomic mass is 10.1. The van der Waals surface area contributed by atoms with Crippen LogP contribution in [0, 0.1) is 0 Å². The van der Waals surface area contributed by atoms with E-state index in [0.717, 1.165) is 0 Å². The maximum atomic E-state index is 5.84. The molecule has 0 aromatic heterocycles. The van der Waals surface area contributed by atoms with Gasteiger partial charge in [-0.15, -0.1) is 0 Å². The van der Waals surface area contributed by atoms with Gasteiger partial charge in [-0.3, -0.25) is 0 Å². The number of nitrogens with zero attached hydrogens (tertiary/aromatic N) is 2. The topological polar surface area (TPSA) is 76.9 Å². The number of amidine groups is 1. The van der Waals surface area contributed by atoms with Crippen LogP contribution < -0.4 is 11.5 Å². The van der Waals surface area contributed by atoms with Crippen LogP contribution in [0.2, 0.25) is 0 Å². The second-order valence-corrected chi connectivity index (χ2v) is 4.75. The Morgan fingerprint density at radius 2 is 1.88 bits per heavy atom. The summed E-state index contributed by atoms with van der Waals surface area (Å²) in [6, 6.07) is 0.470. The van der Waals surface area contributed by atoms with E-state index < -0.39 is 0 Å². The number of nitrogens with two attached hydrogens (primary N) is 2. The highest BCUT2D eigenvalue weighted by molar-refractivity contribution is 5.96. The minimum Gasteiger partial charge on any atom is -0.395 e. The van der Waals surface area contributed by atoms with Crippen LogP contribution in [0.15, 0.2) is 16.9 Å². The molecule has 5 nitrogen and oxygen atoms in total. The Balaban J connectivity index is 2.12. The molecule has 96 valence electrons. The molecule has 1 atom stereocenters. The molecule has 4 N–H and O–H groups in total. The molecule has 2 aliphatic rings. The van der Waals surface area contributed by atoms with Gasteiger partial charge in [0.1, 0.15) is 5.84 Å². The summed E-state index contributed by atoms with van der Waals surface area (Å²) >= 11 is 0. The number of hydrogen-bond acceptors (Lipinski definition) is 5. The average Bonchev–Trinajstić information content (AvgIpc) is 2.60. The van der Waals surface area contributed by atoms with Crippen LogP contribution in [0.3, 0.4) is 0 Å². The van der Waals surface area contributed by atoms with Gasteiger partial charge in [-0.2, -0.15) is 0 Å². The van der Waals surface area contributed by atoms with Crippen LogP contribution in [0.25, 0.3) is 0 Å². The fraction of sp³-hybridized carbons (Fsp3) is 0.750. The summed E-state index contributed by atoms with van der Waals surface area (Å²) in [7, 11) is 1.65. The normalized spacial score (nSPS) is 27.4. The third-order valence-electron chi connectivity index (χ3n) is 3.55. The third-order valence-corrected chi connectivity index (χ3v) is 3.55. The standard InChI is InChI=1S/C12H22N4O/c1-17-12-15-11(14)10(13)8-16(12)9-6-4-2-3-5-7-9/h8-9,12H,2-7,13H2,1H3,(H2,14,15). The Kier molecular flexibility index (Phi) is 3.89. The number of methoxy groups -OCH3 is 1. The van der Waals surface area contributed by atoms with Crippen molar-refractivity contribution in [1.82, 2.24) is 4.90 Å². The van der Waals surface area contributed by atoms with Gasteiger partial charge in [-0.05, 0) is 12.8 Å². The summed E-state index contributed by atoms with van der Waals surface area (Å²) in [5.74, 6) is 0.377. The van der Waals surface area contributed by atoms with E-state index in [2.05, 4.69) is 9.89 Å². The number of hydrogen-bond donors (Lipinski definition) is 2. The van der Waals surface area contributed by atoms with E-state index in [9.17, 15) is 0 Å². The van der Waals surface area contributed by atoms with Gasteiger partial charge in [0.15, 0.2) is 0 Å². The molecule has 1 unspecified atom stereocenters. The first-order chi connectivity index (χ1) is 8.22. The van der Waals surface area contributed by atoms with E-state index in [0.29, 0.717) is 17.6 Å². The minimum absolute atomic E-state index is 0.314. The average molecular weight is 238 g/mol. The lowest BCUT2D eigenvalue weighted by molar-refractivity contribution is -0.0250. The molecule has 2 rings (SSSR count). The molecule has 1 aliphatic heterocycles. The van der Waals surface area contributed by atoms with Crippen LogP contribution >= 0.6 is 0 Å². The lowest BCUT2D eigenvalue weighted by Crippen LogP contribution is -2.45. The van der Waals surface area contributed by atoms with Crippen molar-refractivity contribution in [2.75, 3.05) is 7.11 Å². The zero-order valence-corrected chi connectivity index (χ0v) is 10.4. The van der Waals surface area contributed by atoms with E-state index in [1.807, 2.05) is 6.20 Å². The van der Waals surface area contributed by atoms with Gasteiger partial charge < -0.3 is 21.1 Å². The van der Waals surface area contributed by atoms with Crippen LogP contribution in [-0.2, 0) is 4.74 Å². The maximum Gasteiger partial charge on any atom is 0.229 e. The van der Waals surface area contributed by atoms with Crippen molar-refractivity contribution in [2.45, 2.75) is 50.9 Å². The van der Waals surface area contributed by atoms with Gasteiger partial charge in [-0.1, -0.05) is 25.7 Å². The highest BCUT2D eigenvalue weighted by Crippen LogP contribution is 2.26. The number of aliphatic imine (C=N–C) groups is 1. The molecule has 0 spiro atoms. The second-order valence-electron chi connectivity index (χ2n) is 4.75. The Morgan fingerprint density at radius 1 is 1.24 bits per heavy atom. The summed E-state index contributed by atoms with van der Waals surface area (Å²) in [6.07, 6.45) is 9.13. The van der Waals surface area contributed by atoms with Gasteiger partial charge in [0.2, 0.25) is 6.35 Å². The van der Waals surface area contributed by atoms with Crippen molar-refractivity contribution in [1.29, 1.82) is 0 Å². The minimum atomic E-state index is -0.314. The third kappa shape index (κ3) is 2.72. The molecule has 17 heavy (non-hydrogen) atoms. The molecule has 1 heterocycles. The summed E-state index contributed by atoms with van der Waals surface area (Å²) in [5, 5.41) is 0. The highest BCUT2D eigenvalue weighted by atomic mass is 16.5. The SMILES string of the molecule is COC1N=C(N)C(N)=CN1C1CCCCCC1. The predicted molar refractivity (Wildman–Crippen MR) is 68.0 cm³/mol. The van der Waals surface area contributed by atoms with Gasteiger partial charge >= 0.3 is 0 Å². The van der Waals surface area contributed by atoms with E-state index in [1.54, 1.807) is 7.11 Å². The maximum absolute atomic E-state index is 5.84. The van der Waals surface area contributed by atoms with Crippen molar-refractivity contribution >= 4 is 5.84 Å². The number of ether oxygens (including phenoxy) is 1. The molecule has 1 aliphatic carbocycles. The molecular formula is C12H22N4O. The Morgan fingerprint density at radius 3 is 2.47 bits per heavy atom. The van der Waals surface area contributed by atoms with Crippen LogP contribution in [0.1, 0.15) is 38.5 Å². The number of rotatable bonds is 2. The Labute approximate surface area is 103 Å². The quantitative estimate of drug-likeness (QED) is 0.707. The molecule has 0 aromatic rings. The van der Waals surface area contributed by atoms with Crippen LogP contribution in [0.4, 0.5) is 0 Å². The molecule has 0 bridgehead atoms. The first-order valence-corrected chi connectivity index (χ1v) is 6.33. The van der Waals surface area contributed by atoms with Gasteiger partial charge in [0.05, 0.1) is 5.70 Å². The largest absolute Gasteiger partial charge is 0.395 e. The summed E-state index contributed by atoms with van der Waals surface area (Å²) in [5.41, 5.74) is 12.1. The van der Waals surface area contributed by atoms with Crippen LogP contribution in [0.5, 0.6) is 0 Å². The van der Waals surface area contributed by atoms with E-state index in [-0.39, 0.29) is 6.35 Å². The van der Waals surface area contributed by atoms with Gasteiger partial charge in [-0.25, -0.2) is 4.99 Å². The molecule has 0 radical (unpaired) electrons. The molecule has 0 aromatic carbocycles. The van der Waals surface area contributed by atoms with Crippen LogP contribution in [-0.4, -0.2) is 30.2 Å². The Hall–Kier alpha value is -1.23. The lowest BCUT2D eigenvalue weighted by Gasteiger charge is -2.36. The van der Waals surface area contributed by atoms with E-state index in [1.165, 1.54) is 38.5 Å². The summed E-state index contributed by atoms with van der Waals surface area (Å²) in [6.45, 7) is 0.